The molecule has 0 aromatic heterocycles. The van der Waals surface area contributed by atoms with Gasteiger partial charge in [0.1, 0.15) is 6.10 Å². The number of rotatable bonds is 40. The first kappa shape index (κ1) is 51.8. The number of carbonyl (C=O) groups excluding carboxylic acids is 2. The Balaban J connectivity index is 4.62. The molecule has 0 rings (SSSR count). The molecule has 0 bridgehead atoms. The van der Waals surface area contributed by atoms with Crippen LogP contribution in [-0.2, 0) is 14.3 Å². The minimum Gasteiger partial charge on any atom is -0.462 e. The van der Waals surface area contributed by atoms with E-state index in [0.29, 0.717) is 19.3 Å². The van der Waals surface area contributed by atoms with Crippen molar-refractivity contribution in [3.8, 4) is 0 Å². The van der Waals surface area contributed by atoms with E-state index in [-0.39, 0.29) is 24.9 Å². The Hall–Kier alpha value is -2.18. The molecule has 3 N–H and O–H groups in total. The molecule has 0 saturated carbocycles. The van der Waals surface area contributed by atoms with Crippen molar-refractivity contribution in [1.29, 1.82) is 0 Å². The highest BCUT2D eigenvalue weighted by molar-refractivity contribution is 5.77. The smallest absolute Gasteiger partial charge is 0.306 e. The van der Waals surface area contributed by atoms with E-state index in [2.05, 4.69) is 38.2 Å². The third kappa shape index (κ3) is 36.8. The lowest BCUT2D eigenvalue weighted by molar-refractivity contribution is -0.151. The number of hydrogen-bond acceptors (Lipinski definition) is 5. The SMILES string of the molecule is CC/C=C/C=C/C=C\C=C/CCCC(CC(=O)NC(CO)C(O)CCCCCCCCCCC)OC(=O)CCCCCCCCCCCCCCCCC. The van der Waals surface area contributed by atoms with Crippen molar-refractivity contribution in [2.75, 3.05) is 6.61 Å². The minimum absolute atomic E-state index is 0.0333. The van der Waals surface area contributed by atoms with E-state index in [1.807, 2.05) is 36.5 Å². The molecule has 0 radical (unpaired) electrons. The summed E-state index contributed by atoms with van der Waals surface area (Å²) in [7, 11) is 0. The maximum absolute atomic E-state index is 13.1. The zero-order valence-corrected chi connectivity index (χ0v) is 35.6. The third-order valence-electron chi connectivity index (χ3n) is 10.3. The Labute approximate surface area is 334 Å². The standard InChI is InChI=1S/C48H87NO5/c1-4-7-10-13-16-19-21-22-23-24-26-29-32-35-38-41-48(53)54-44(39-36-33-30-28-25-20-17-14-11-8-5-2)42-47(52)49-45(43-50)46(51)40-37-34-31-27-18-15-12-9-6-3/h8,11,14,17,20,25,28,30,44-46,50-51H,4-7,9-10,12-13,15-16,18-19,21-24,26-27,29,31-43H2,1-3H3,(H,49,52)/b11-8+,17-14+,25-20-,30-28-. The summed E-state index contributed by atoms with van der Waals surface area (Å²) in [5.41, 5.74) is 0. The number of nitrogens with one attached hydrogen (secondary N) is 1. The molecule has 0 aliphatic heterocycles. The topological polar surface area (TPSA) is 95.9 Å². The van der Waals surface area contributed by atoms with Crippen LogP contribution in [0.1, 0.15) is 220 Å². The molecule has 0 aromatic carbocycles. The lowest BCUT2D eigenvalue weighted by Crippen LogP contribution is -2.46. The summed E-state index contributed by atoms with van der Waals surface area (Å²) in [6.45, 7) is 6.29. The fraction of sp³-hybridized carbons (Fsp3) is 0.792. The Morgan fingerprint density at radius 3 is 1.48 bits per heavy atom. The molecule has 0 aliphatic carbocycles. The molecular weight excluding hydrogens is 671 g/mol. The van der Waals surface area contributed by atoms with Gasteiger partial charge in [-0.2, -0.15) is 0 Å². The van der Waals surface area contributed by atoms with Crippen molar-refractivity contribution in [3.63, 3.8) is 0 Å². The molecule has 3 atom stereocenters. The predicted octanol–water partition coefficient (Wildman–Crippen LogP) is 13.1. The van der Waals surface area contributed by atoms with Gasteiger partial charge in [-0.05, 0) is 38.5 Å². The van der Waals surface area contributed by atoms with E-state index < -0.39 is 18.2 Å². The van der Waals surface area contributed by atoms with Crippen LogP contribution >= 0.6 is 0 Å². The van der Waals surface area contributed by atoms with Gasteiger partial charge >= 0.3 is 5.97 Å². The Kier molecular flexibility index (Phi) is 40.3. The summed E-state index contributed by atoms with van der Waals surface area (Å²) in [5, 5.41) is 23.5. The first-order valence-corrected chi connectivity index (χ1v) is 22.9. The number of unbranched alkanes of at least 4 members (excludes halogenated alkanes) is 23. The van der Waals surface area contributed by atoms with Crippen LogP contribution in [0.25, 0.3) is 0 Å². The Morgan fingerprint density at radius 2 is 1.00 bits per heavy atom. The summed E-state index contributed by atoms with van der Waals surface area (Å²) < 4.78 is 5.86. The number of aliphatic hydroxyl groups excluding tert-OH is 2. The molecule has 0 fully saturated rings. The maximum atomic E-state index is 13.1. The second-order valence-corrected chi connectivity index (χ2v) is 15.5. The van der Waals surface area contributed by atoms with Crippen LogP contribution < -0.4 is 5.32 Å². The second-order valence-electron chi connectivity index (χ2n) is 15.5. The van der Waals surface area contributed by atoms with Gasteiger partial charge in [0.25, 0.3) is 0 Å². The van der Waals surface area contributed by atoms with Crippen LogP contribution in [0.3, 0.4) is 0 Å². The van der Waals surface area contributed by atoms with E-state index in [9.17, 15) is 19.8 Å². The van der Waals surface area contributed by atoms with E-state index >= 15 is 0 Å². The minimum atomic E-state index is -0.801. The lowest BCUT2D eigenvalue weighted by atomic mass is 10.0. The normalized spacial score (nSPS) is 13.8. The van der Waals surface area contributed by atoms with E-state index in [1.165, 1.54) is 116 Å². The molecule has 0 aliphatic rings. The van der Waals surface area contributed by atoms with Gasteiger partial charge in [0, 0.05) is 6.42 Å². The molecular formula is C48H87NO5. The van der Waals surface area contributed by atoms with Crippen molar-refractivity contribution in [2.24, 2.45) is 0 Å². The molecule has 1 amide bonds. The zero-order valence-electron chi connectivity index (χ0n) is 35.6. The number of ether oxygens (including phenoxy) is 1. The first-order valence-electron chi connectivity index (χ1n) is 22.9. The highest BCUT2D eigenvalue weighted by Crippen LogP contribution is 2.17. The van der Waals surface area contributed by atoms with Crippen molar-refractivity contribution in [2.45, 2.75) is 238 Å². The monoisotopic (exact) mass is 758 g/mol. The number of aliphatic hydroxyl groups is 2. The average molecular weight is 758 g/mol. The molecule has 6 nitrogen and oxygen atoms in total. The number of allylic oxidation sites excluding steroid dienone is 8. The molecule has 0 spiro atoms. The van der Waals surface area contributed by atoms with Crippen LogP contribution in [0, 0.1) is 0 Å². The van der Waals surface area contributed by atoms with Gasteiger partial charge in [-0.15, -0.1) is 0 Å². The van der Waals surface area contributed by atoms with Gasteiger partial charge < -0.3 is 20.3 Å². The molecule has 314 valence electrons. The van der Waals surface area contributed by atoms with Crippen LogP contribution in [0.4, 0.5) is 0 Å². The Morgan fingerprint density at radius 1 is 0.556 bits per heavy atom. The number of esters is 1. The predicted molar refractivity (Wildman–Crippen MR) is 232 cm³/mol. The van der Waals surface area contributed by atoms with Crippen molar-refractivity contribution in [3.05, 3.63) is 48.6 Å². The summed E-state index contributed by atoms with van der Waals surface area (Å²) in [5.74, 6) is -0.540. The van der Waals surface area contributed by atoms with Crippen molar-refractivity contribution >= 4 is 11.9 Å². The average Bonchev–Trinajstić information content (AvgIpc) is 3.16. The van der Waals surface area contributed by atoms with Crippen LogP contribution in [-0.4, -0.2) is 46.9 Å². The highest BCUT2D eigenvalue weighted by atomic mass is 16.5. The zero-order chi connectivity index (χ0) is 39.6. The molecule has 0 aromatic rings. The van der Waals surface area contributed by atoms with Gasteiger partial charge in [0.15, 0.2) is 0 Å². The van der Waals surface area contributed by atoms with Gasteiger partial charge in [-0.3, -0.25) is 9.59 Å². The number of amides is 1. The van der Waals surface area contributed by atoms with Gasteiger partial charge in [0.05, 0.1) is 25.2 Å². The van der Waals surface area contributed by atoms with Crippen LogP contribution in [0.2, 0.25) is 0 Å². The first-order chi connectivity index (χ1) is 26.5. The van der Waals surface area contributed by atoms with Gasteiger partial charge in [-0.1, -0.05) is 217 Å². The van der Waals surface area contributed by atoms with E-state index in [0.717, 1.165) is 57.8 Å². The summed E-state index contributed by atoms with van der Waals surface area (Å²) in [6, 6.07) is -0.718. The van der Waals surface area contributed by atoms with E-state index in [1.54, 1.807) is 0 Å². The molecule has 0 heterocycles. The van der Waals surface area contributed by atoms with Gasteiger partial charge in [-0.25, -0.2) is 0 Å². The van der Waals surface area contributed by atoms with Crippen LogP contribution in [0.5, 0.6) is 0 Å². The molecule has 54 heavy (non-hydrogen) atoms. The second kappa shape index (κ2) is 42.0. The van der Waals surface area contributed by atoms with Crippen LogP contribution in [0.15, 0.2) is 48.6 Å². The number of hydrogen-bond donors (Lipinski definition) is 3. The largest absolute Gasteiger partial charge is 0.462 e. The third-order valence-corrected chi connectivity index (χ3v) is 10.3. The lowest BCUT2D eigenvalue weighted by Gasteiger charge is -2.24. The van der Waals surface area contributed by atoms with Crippen molar-refractivity contribution < 1.29 is 24.5 Å². The highest BCUT2D eigenvalue weighted by Gasteiger charge is 2.24. The maximum Gasteiger partial charge on any atom is 0.306 e. The Bertz CT molecular complexity index is 941. The number of carbonyl (C=O) groups is 2. The van der Waals surface area contributed by atoms with Gasteiger partial charge in [0.2, 0.25) is 5.91 Å². The van der Waals surface area contributed by atoms with E-state index in [4.69, 9.17) is 4.74 Å². The fourth-order valence-corrected chi connectivity index (χ4v) is 6.80. The fourth-order valence-electron chi connectivity index (χ4n) is 6.80. The molecule has 0 saturated heterocycles. The van der Waals surface area contributed by atoms with Crippen molar-refractivity contribution in [1.82, 2.24) is 5.32 Å². The summed E-state index contributed by atoms with van der Waals surface area (Å²) in [4.78, 5) is 25.9. The summed E-state index contributed by atoms with van der Waals surface area (Å²) >= 11 is 0. The molecule has 6 heteroatoms. The quantitative estimate of drug-likeness (QED) is 0.0329. The summed E-state index contributed by atoms with van der Waals surface area (Å²) in [6.07, 6.45) is 49.0. The molecule has 3 unspecified atom stereocenters.